The molecule has 4 rings (SSSR count). The lowest BCUT2D eigenvalue weighted by molar-refractivity contribution is 0.0694. The number of halogens is 1. The normalized spacial score (nSPS) is 22.4. The Morgan fingerprint density at radius 1 is 1.30 bits per heavy atom. The smallest absolute Gasteiger partial charge is 0.341 e. The van der Waals surface area contributed by atoms with Crippen molar-refractivity contribution < 1.29 is 14.3 Å². The third-order valence-electron chi connectivity index (χ3n) is 5.38. The van der Waals surface area contributed by atoms with E-state index in [2.05, 4.69) is 10.3 Å². The monoisotopic (exact) mass is 374 g/mol. The second-order valence-electron chi connectivity index (χ2n) is 8.43. The van der Waals surface area contributed by atoms with Crippen molar-refractivity contribution in [3.63, 3.8) is 0 Å². The van der Waals surface area contributed by atoms with E-state index < -0.39 is 22.8 Å². The molecule has 2 aliphatic heterocycles. The van der Waals surface area contributed by atoms with Crippen molar-refractivity contribution in [1.82, 2.24) is 14.9 Å². The van der Waals surface area contributed by atoms with Crippen LogP contribution in [-0.4, -0.2) is 45.8 Å². The van der Waals surface area contributed by atoms with Crippen molar-refractivity contribution in [3.8, 4) is 0 Å². The van der Waals surface area contributed by atoms with Crippen molar-refractivity contribution in [2.24, 2.45) is 0 Å². The molecular formula is C19H23FN4O3. The van der Waals surface area contributed by atoms with Gasteiger partial charge in [-0.3, -0.25) is 4.79 Å². The summed E-state index contributed by atoms with van der Waals surface area (Å²) in [5.41, 5.74) is -1.32. The molecule has 2 fully saturated rings. The van der Waals surface area contributed by atoms with Crippen LogP contribution in [-0.2, 0) is 5.54 Å². The summed E-state index contributed by atoms with van der Waals surface area (Å²) in [5, 5.41) is 12.9. The number of carboxylic acids is 1. The fourth-order valence-electron chi connectivity index (χ4n) is 4.07. The van der Waals surface area contributed by atoms with E-state index in [0.717, 1.165) is 18.9 Å². The maximum Gasteiger partial charge on any atom is 0.341 e. The van der Waals surface area contributed by atoms with Crippen molar-refractivity contribution in [3.05, 3.63) is 33.9 Å². The second kappa shape index (κ2) is 6.02. The van der Waals surface area contributed by atoms with Crippen LogP contribution in [0.4, 0.5) is 10.2 Å². The Bertz CT molecular complexity index is 983. The highest BCUT2D eigenvalue weighted by atomic mass is 19.1. The van der Waals surface area contributed by atoms with Gasteiger partial charge < -0.3 is 19.9 Å². The number of carboxylic acid groups (broad SMARTS) is 1. The van der Waals surface area contributed by atoms with E-state index in [1.165, 1.54) is 6.20 Å². The molecule has 2 N–H and O–H groups in total. The minimum Gasteiger partial charge on any atom is -0.477 e. The van der Waals surface area contributed by atoms with Crippen LogP contribution < -0.4 is 15.6 Å². The van der Waals surface area contributed by atoms with E-state index in [1.807, 2.05) is 25.7 Å². The highest BCUT2D eigenvalue weighted by Gasteiger charge is 2.34. The molecule has 0 aliphatic carbocycles. The molecule has 2 bridgehead atoms. The van der Waals surface area contributed by atoms with Gasteiger partial charge in [-0.05, 0) is 39.7 Å². The molecule has 27 heavy (non-hydrogen) atoms. The third kappa shape index (κ3) is 2.97. The Balaban J connectivity index is 1.94. The van der Waals surface area contributed by atoms with Crippen molar-refractivity contribution >= 4 is 22.8 Å². The van der Waals surface area contributed by atoms with Crippen molar-refractivity contribution in [2.75, 3.05) is 18.0 Å². The highest BCUT2D eigenvalue weighted by Crippen LogP contribution is 2.29. The summed E-state index contributed by atoms with van der Waals surface area (Å²) in [6.07, 6.45) is 3.43. The fourth-order valence-corrected chi connectivity index (χ4v) is 4.07. The average molecular weight is 374 g/mol. The molecule has 2 aliphatic rings. The molecule has 2 aromatic rings. The molecule has 0 spiro atoms. The largest absolute Gasteiger partial charge is 0.477 e. The number of hydrogen-bond acceptors (Lipinski definition) is 5. The van der Waals surface area contributed by atoms with Gasteiger partial charge in [-0.25, -0.2) is 14.2 Å². The standard InChI is InChI=1S/C19H23FN4O3/c1-19(2,3)24-9-13(18(26)27)15(25)12-6-14(20)17(22-16(12)24)23-7-10-4-5-11(8-23)21-10/h6,9-11,21H,4-5,7-8H2,1-3H3,(H,26,27). The van der Waals surface area contributed by atoms with E-state index in [-0.39, 0.29) is 16.8 Å². The summed E-state index contributed by atoms with van der Waals surface area (Å²) >= 11 is 0. The lowest BCUT2D eigenvalue weighted by Gasteiger charge is -2.34. The topological polar surface area (TPSA) is 87.5 Å². The molecule has 2 saturated heterocycles. The lowest BCUT2D eigenvalue weighted by Crippen LogP contribution is -2.51. The number of anilines is 1. The maximum absolute atomic E-state index is 14.9. The Morgan fingerprint density at radius 2 is 1.93 bits per heavy atom. The number of aromatic carboxylic acids is 1. The van der Waals surface area contributed by atoms with Gasteiger partial charge in [0.05, 0.1) is 5.39 Å². The molecule has 2 unspecified atom stereocenters. The molecular weight excluding hydrogens is 351 g/mol. The zero-order chi connectivity index (χ0) is 19.5. The molecule has 4 heterocycles. The summed E-state index contributed by atoms with van der Waals surface area (Å²) in [7, 11) is 0. The summed E-state index contributed by atoms with van der Waals surface area (Å²) in [5.74, 6) is -1.70. The number of nitrogens with zero attached hydrogens (tertiary/aromatic N) is 3. The Kier molecular flexibility index (Phi) is 3.99. The number of hydrogen-bond donors (Lipinski definition) is 2. The van der Waals surface area contributed by atoms with Crippen LogP contribution in [0.15, 0.2) is 17.1 Å². The summed E-state index contributed by atoms with van der Waals surface area (Å²) in [6.45, 7) is 6.99. The van der Waals surface area contributed by atoms with Gasteiger partial charge in [-0.2, -0.15) is 0 Å². The molecule has 0 saturated carbocycles. The summed E-state index contributed by atoms with van der Waals surface area (Å²) in [4.78, 5) is 30.5. The van der Waals surface area contributed by atoms with Crippen LogP contribution in [0.1, 0.15) is 44.0 Å². The summed E-state index contributed by atoms with van der Waals surface area (Å²) in [6, 6.07) is 1.78. The first-order valence-electron chi connectivity index (χ1n) is 9.16. The number of piperazine rings is 1. The summed E-state index contributed by atoms with van der Waals surface area (Å²) < 4.78 is 16.5. The lowest BCUT2D eigenvalue weighted by atomic mass is 10.1. The molecule has 2 aromatic heterocycles. The van der Waals surface area contributed by atoms with Crippen LogP contribution in [0.3, 0.4) is 0 Å². The van der Waals surface area contributed by atoms with Crippen LogP contribution >= 0.6 is 0 Å². The number of fused-ring (bicyclic) bond motifs is 3. The van der Waals surface area contributed by atoms with E-state index in [1.54, 1.807) is 4.57 Å². The highest BCUT2D eigenvalue weighted by molar-refractivity contribution is 5.92. The van der Waals surface area contributed by atoms with Crippen LogP contribution in [0, 0.1) is 5.82 Å². The molecule has 0 aromatic carbocycles. The Morgan fingerprint density at radius 3 is 2.48 bits per heavy atom. The molecule has 144 valence electrons. The number of pyridine rings is 2. The fraction of sp³-hybridized carbons (Fsp3) is 0.526. The van der Waals surface area contributed by atoms with Crippen LogP contribution in [0.2, 0.25) is 0 Å². The minimum atomic E-state index is -1.33. The number of nitrogens with one attached hydrogen (secondary N) is 1. The first-order chi connectivity index (χ1) is 12.6. The van der Waals surface area contributed by atoms with Gasteiger partial charge in [0.2, 0.25) is 5.43 Å². The molecule has 7 nitrogen and oxygen atoms in total. The van der Waals surface area contributed by atoms with E-state index in [0.29, 0.717) is 30.8 Å². The van der Waals surface area contributed by atoms with Gasteiger partial charge >= 0.3 is 5.97 Å². The number of aromatic nitrogens is 2. The third-order valence-corrected chi connectivity index (χ3v) is 5.38. The maximum atomic E-state index is 14.9. The zero-order valence-corrected chi connectivity index (χ0v) is 15.6. The minimum absolute atomic E-state index is 0.0100. The van der Waals surface area contributed by atoms with Crippen LogP contribution in [0.5, 0.6) is 0 Å². The first kappa shape index (κ1) is 17.9. The zero-order valence-electron chi connectivity index (χ0n) is 15.6. The van der Waals surface area contributed by atoms with E-state index in [4.69, 9.17) is 0 Å². The Hall–Kier alpha value is -2.48. The Labute approximate surface area is 155 Å². The SMILES string of the molecule is CC(C)(C)n1cc(C(=O)O)c(=O)c2cc(F)c(N3CC4CCC(C3)N4)nc21. The second-order valence-corrected chi connectivity index (χ2v) is 8.43. The van der Waals surface area contributed by atoms with Gasteiger partial charge in [-0.15, -0.1) is 0 Å². The van der Waals surface area contributed by atoms with Gasteiger partial charge in [0, 0.05) is 36.9 Å². The first-order valence-corrected chi connectivity index (χ1v) is 9.16. The molecule has 0 radical (unpaired) electrons. The number of carbonyl (C=O) groups is 1. The molecule has 0 amide bonds. The van der Waals surface area contributed by atoms with Gasteiger partial charge in [0.15, 0.2) is 11.6 Å². The van der Waals surface area contributed by atoms with Gasteiger partial charge in [0.25, 0.3) is 0 Å². The van der Waals surface area contributed by atoms with Gasteiger partial charge in [0.1, 0.15) is 11.2 Å². The van der Waals surface area contributed by atoms with Crippen molar-refractivity contribution in [1.29, 1.82) is 0 Å². The van der Waals surface area contributed by atoms with Gasteiger partial charge in [-0.1, -0.05) is 0 Å². The van der Waals surface area contributed by atoms with E-state index >= 15 is 0 Å². The van der Waals surface area contributed by atoms with E-state index in [9.17, 15) is 19.1 Å². The predicted octanol–water partition coefficient (Wildman–Crippen LogP) is 1.93. The van der Waals surface area contributed by atoms with Crippen LogP contribution in [0.25, 0.3) is 11.0 Å². The average Bonchev–Trinajstić information content (AvgIpc) is 2.91. The molecule has 2 atom stereocenters. The van der Waals surface area contributed by atoms with Crippen molar-refractivity contribution in [2.45, 2.75) is 51.2 Å². The molecule has 8 heteroatoms. The quantitative estimate of drug-likeness (QED) is 0.835. The predicted molar refractivity (Wildman–Crippen MR) is 100 cm³/mol. The number of rotatable bonds is 2.